The number of halogens is 1. The third kappa shape index (κ3) is 4.30. The molecule has 1 heterocycles. The van der Waals surface area contributed by atoms with E-state index in [1.54, 1.807) is 6.07 Å². The van der Waals surface area contributed by atoms with Crippen LogP contribution in [0.4, 0.5) is 4.39 Å². The van der Waals surface area contributed by atoms with Gasteiger partial charge in [-0.3, -0.25) is 9.59 Å². The molecule has 0 fully saturated rings. The largest absolute Gasteiger partial charge is 0.486 e. The van der Waals surface area contributed by atoms with Crippen LogP contribution < -0.4 is 20.1 Å². The van der Waals surface area contributed by atoms with Gasteiger partial charge in [0, 0.05) is 5.56 Å². The highest BCUT2D eigenvalue weighted by atomic mass is 19.1. The van der Waals surface area contributed by atoms with Crippen LogP contribution >= 0.6 is 0 Å². The van der Waals surface area contributed by atoms with Crippen LogP contribution in [0, 0.1) is 5.82 Å². The lowest BCUT2D eigenvalue weighted by Gasteiger charge is -2.21. The van der Waals surface area contributed by atoms with Crippen LogP contribution in [0.3, 0.4) is 0 Å². The van der Waals surface area contributed by atoms with Crippen molar-refractivity contribution in [3.8, 4) is 11.5 Å². The molecule has 7 heteroatoms. The zero-order valence-electron chi connectivity index (χ0n) is 14.3. The van der Waals surface area contributed by atoms with Crippen LogP contribution in [-0.4, -0.2) is 31.6 Å². The number of carbonyl (C=O) groups is 2. The minimum absolute atomic E-state index is 0.165. The molecule has 1 aliphatic rings. The van der Waals surface area contributed by atoms with E-state index in [4.69, 9.17) is 9.47 Å². The minimum Gasteiger partial charge on any atom is -0.486 e. The highest BCUT2D eigenvalue weighted by molar-refractivity contribution is 5.96. The average molecular weight is 358 g/mol. The minimum atomic E-state index is -0.508. The van der Waals surface area contributed by atoms with Gasteiger partial charge >= 0.3 is 0 Å². The Morgan fingerprint density at radius 3 is 2.65 bits per heavy atom. The fourth-order valence-electron chi connectivity index (χ4n) is 2.60. The molecule has 26 heavy (non-hydrogen) atoms. The molecule has 0 bridgehead atoms. The molecule has 1 aliphatic heterocycles. The summed E-state index contributed by atoms with van der Waals surface area (Å²) in [5.41, 5.74) is 1.02. The zero-order chi connectivity index (χ0) is 18.5. The maximum Gasteiger partial charge on any atom is 0.251 e. The van der Waals surface area contributed by atoms with E-state index < -0.39 is 11.7 Å². The Morgan fingerprint density at radius 1 is 1.12 bits per heavy atom. The van der Waals surface area contributed by atoms with Crippen molar-refractivity contribution in [2.75, 3.05) is 19.8 Å². The second-order valence-electron chi connectivity index (χ2n) is 5.89. The summed E-state index contributed by atoms with van der Waals surface area (Å²) in [6, 6.07) is 10.5. The molecule has 3 rings (SSSR count). The molecule has 0 unspecified atom stereocenters. The fourth-order valence-corrected chi connectivity index (χ4v) is 2.60. The van der Waals surface area contributed by atoms with Crippen molar-refractivity contribution < 1.29 is 23.5 Å². The Morgan fingerprint density at radius 2 is 1.88 bits per heavy atom. The first-order chi connectivity index (χ1) is 12.5. The number of carbonyl (C=O) groups excluding carboxylic acids is 2. The molecule has 136 valence electrons. The molecule has 2 N–H and O–H groups in total. The summed E-state index contributed by atoms with van der Waals surface area (Å²) < 4.78 is 24.1. The fraction of sp³-hybridized carbons (Fsp3) is 0.263. The highest BCUT2D eigenvalue weighted by Gasteiger charge is 2.16. The molecule has 0 aliphatic carbocycles. The van der Waals surface area contributed by atoms with E-state index in [0.29, 0.717) is 24.7 Å². The SMILES string of the molecule is C[C@@H](NC(=O)CNC(=O)c1cccc(F)c1)c1ccc2c(c1)OCCO2. The number of ether oxygens (including phenoxy) is 2. The van der Waals surface area contributed by atoms with Crippen LogP contribution in [0.2, 0.25) is 0 Å². The van der Waals surface area contributed by atoms with Crippen molar-refractivity contribution >= 4 is 11.8 Å². The van der Waals surface area contributed by atoms with Crippen LogP contribution in [0.15, 0.2) is 42.5 Å². The molecule has 2 aromatic carbocycles. The molecule has 0 saturated heterocycles. The molecule has 0 saturated carbocycles. The molecule has 0 spiro atoms. The van der Waals surface area contributed by atoms with Crippen LogP contribution in [0.25, 0.3) is 0 Å². The monoisotopic (exact) mass is 358 g/mol. The van der Waals surface area contributed by atoms with Gasteiger partial charge in [0.05, 0.1) is 12.6 Å². The van der Waals surface area contributed by atoms with Crippen molar-refractivity contribution in [1.29, 1.82) is 0 Å². The number of amides is 2. The van der Waals surface area contributed by atoms with E-state index in [-0.39, 0.29) is 24.1 Å². The van der Waals surface area contributed by atoms with Crippen molar-refractivity contribution in [3.05, 3.63) is 59.4 Å². The van der Waals surface area contributed by atoms with E-state index in [0.717, 1.165) is 11.6 Å². The lowest BCUT2D eigenvalue weighted by molar-refractivity contribution is -0.120. The molecule has 2 amide bonds. The van der Waals surface area contributed by atoms with Crippen molar-refractivity contribution in [2.45, 2.75) is 13.0 Å². The van der Waals surface area contributed by atoms with Crippen LogP contribution in [0.5, 0.6) is 11.5 Å². The summed E-state index contributed by atoms with van der Waals surface area (Å²) >= 11 is 0. The summed E-state index contributed by atoms with van der Waals surface area (Å²) in [6.07, 6.45) is 0. The molecular weight excluding hydrogens is 339 g/mol. The number of hydrogen-bond acceptors (Lipinski definition) is 4. The van der Waals surface area contributed by atoms with E-state index in [1.807, 2.05) is 19.1 Å². The van der Waals surface area contributed by atoms with Gasteiger partial charge in [-0.25, -0.2) is 4.39 Å². The molecule has 6 nitrogen and oxygen atoms in total. The predicted molar refractivity (Wildman–Crippen MR) is 92.7 cm³/mol. The average Bonchev–Trinajstić information content (AvgIpc) is 2.65. The molecular formula is C19H19FN2O4. The molecule has 0 aromatic heterocycles. The predicted octanol–water partition coefficient (Wildman–Crippen LogP) is 2.20. The number of fused-ring (bicyclic) bond motifs is 1. The summed E-state index contributed by atoms with van der Waals surface area (Å²) in [4.78, 5) is 24.0. The van der Waals surface area contributed by atoms with Gasteiger partial charge in [-0.2, -0.15) is 0 Å². The Labute approximate surface area is 150 Å². The van der Waals surface area contributed by atoms with Crippen LogP contribution in [0.1, 0.15) is 28.9 Å². The van der Waals surface area contributed by atoms with Gasteiger partial charge in [0.25, 0.3) is 5.91 Å². The Bertz CT molecular complexity index is 825. The summed E-state index contributed by atoms with van der Waals surface area (Å²) in [7, 11) is 0. The van der Waals surface area contributed by atoms with E-state index in [1.165, 1.54) is 18.2 Å². The quantitative estimate of drug-likeness (QED) is 0.859. The summed E-state index contributed by atoms with van der Waals surface area (Å²) in [5, 5.41) is 5.27. The Balaban J connectivity index is 1.53. The zero-order valence-corrected chi connectivity index (χ0v) is 14.3. The van der Waals surface area contributed by atoms with Crippen molar-refractivity contribution in [3.63, 3.8) is 0 Å². The second kappa shape index (κ2) is 7.86. The van der Waals surface area contributed by atoms with Crippen molar-refractivity contribution in [1.82, 2.24) is 10.6 Å². The summed E-state index contributed by atoms with van der Waals surface area (Å²) in [6.45, 7) is 2.63. The van der Waals surface area contributed by atoms with E-state index >= 15 is 0 Å². The first-order valence-corrected chi connectivity index (χ1v) is 8.25. The first-order valence-electron chi connectivity index (χ1n) is 8.25. The smallest absolute Gasteiger partial charge is 0.251 e. The first kappa shape index (κ1) is 17.7. The third-order valence-corrected chi connectivity index (χ3v) is 3.94. The maximum absolute atomic E-state index is 13.1. The molecule has 2 aromatic rings. The number of rotatable bonds is 5. The van der Waals surface area contributed by atoms with E-state index in [9.17, 15) is 14.0 Å². The van der Waals surface area contributed by atoms with Gasteiger partial charge in [0.15, 0.2) is 11.5 Å². The van der Waals surface area contributed by atoms with Crippen molar-refractivity contribution in [2.24, 2.45) is 0 Å². The topological polar surface area (TPSA) is 76.7 Å². The lowest BCUT2D eigenvalue weighted by Crippen LogP contribution is -2.38. The van der Waals surface area contributed by atoms with Gasteiger partial charge in [-0.1, -0.05) is 12.1 Å². The maximum atomic E-state index is 13.1. The van der Waals surface area contributed by atoms with Gasteiger partial charge < -0.3 is 20.1 Å². The number of benzene rings is 2. The lowest BCUT2D eigenvalue weighted by atomic mass is 10.1. The normalized spacial score (nSPS) is 13.6. The number of nitrogens with one attached hydrogen (secondary N) is 2. The van der Waals surface area contributed by atoms with Gasteiger partial charge in [0.1, 0.15) is 19.0 Å². The van der Waals surface area contributed by atoms with Gasteiger partial charge in [-0.15, -0.1) is 0 Å². The Hall–Kier alpha value is -3.09. The number of hydrogen-bond donors (Lipinski definition) is 2. The standard InChI is InChI=1S/C19H19FN2O4/c1-12(13-5-6-16-17(10-13)26-8-7-25-16)22-18(23)11-21-19(24)14-3-2-4-15(20)9-14/h2-6,9-10,12H,7-8,11H2,1H3,(H,21,24)(H,22,23)/t12-/m1/s1. The van der Waals surface area contributed by atoms with E-state index in [2.05, 4.69) is 10.6 Å². The molecule has 0 radical (unpaired) electrons. The molecule has 1 atom stereocenters. The third-order valence-electron chi connectivity index (χ3n) is 3.94. The van der Waals surface area contributed by atoms with Crippen LogP contribution in [-0.2, 0) is 4.79 Å². The highest BCUT2D eigenvalue weighted by Crippen LogP contribution is 2.32. The van der Waals surface area contributed by atoms with Gasteiger partial charge in [0.2, 0.25) is 5.91 Å². The Kier molecular flexibility index (Phi) is 5.36. The summed E-state index contributed by atoms with van der Waals surface area (Å²) in [5.74, 6) is -0.0340. The van der Waals surface area contributed by atoms with Gasteiger partial charge in [-0.05, 0) is 42.8 Å². The second-order valence-corrected chi connectivity index (χ2v) is 5.89.